The lowest BCUT2D eigenvalue weighted by Crippen LogP contribution is -2.50. The van der Waals surface area contributed by atoms with Gasteiger partial charge in [-0.25, -0.2) is 5.10 Å². The SMILES string of the molecule is O=C(O)C1CN(c2cn[nH]c(=O)c2)C1. The van der Waals surface area contributed by atoms with E-state index >= 15 is 0 Å². The van der Waals surface area contributed by atoms with Crippen LogP contribution in [0.1, 0.15) is 0 Å². The number of nitrogens with one attached hydrogen (secondary N) is 1. The highest BCUT2D eigenvalue weighted by molar-refractivity contribution is 5.74. The van der Waals surface area contributed by atoms with Crippen LogP contribution in [0.15, 0.2) is 17.1 Å². The molecule has 0 bridgehead atoms. The van der Waals surface area contributed by atoms with Crippen molar-refractivity contribution in [3.63, 3.8) is 0 Å². The van der Waals surface area contributed by atoms with Crippen molar-refractivity contribution in [2.24, 2.45) is 5.92 Å². The molecule has 0 unspecified atom stereocenters. The molecule has 2 rings (SSSR count). The largest absolute Gasteiger partial charge is 0.481 e. The third-order valence-corrected chi connectivity index (χ3v) is 2.25. The summed E-state index contributed by atoms with van der Waals surface area (Å²) in [6.45, 7) is 0.890. The Labute approximate surface area is 79.2 Å². The van der Waals surface area contributed by atoms with E-state index in [2.05, 4.69) is 10.2 Å². The van der Waals surface area contributed by atoms with Gasteiger partial charge >= 0.3 is 5.97 Å². The first-order chi connectivity index (χ1) is 6.66. The molecule has 0 aromatic carbocycles. The summed E-state index contributed by atoms with van der Waals surface area (Å²) in [6, 6.07) is 1.41. The van der Waals surface area contributed by atoms with E-state index in [-0.39, 0.29) is 11.5 Å². The van der Waals surface area contributed by atoms with Crippen molar-refractivity contribution in [3.8, 4) is 0 Å². The van der Waals surface area contributed by atoms with Crippen LogP contribution in [-0.2, 0) is 4.79 Å². The first kappa shape index (κ1) is 8.74. The summed E-state index contributed by atoms with van der Waals surface area (Å²) in [7, 11) is 0. The van der Waals surface area contributed by atoms with Gasteiger partial charge in [0.05, 0.1) is 17.8 Å². The number of hydrogen-bond acceptors (Lipinski definition) is 4. The van der Waals surface area contributed by atoms with Crippen molar-refractivity contribution < 1.29 is 9.90 Å². The van der Waals surface area contributed by atoms with E-state index in [1.807, 2.05) is 0 Å². The van der Waals surface area contributed by atoms with Crippen LogP contribution in [0.5, 0.6) is 0 Å². The highest BCUT2D eigenvalue weighted by Gasteiger charge is 2.32. The van der Waals surface area contributed by atoms with Crippen molar-refractivity contribution in [1.82, 2.24) is 10.2 Å². The van der Waals surface area contributed by atoms with Crippen LogP contribution >= 0.6 is 0 Å². The monoisotopic (exact) mass is 195 g/mol. The second-order valence-corrected chi connectivity index (χ2v) is 3.24. The number of carboxylic acids is 1. The average Bonchev–Trinajstić information content (AvgIpc) is 2.00. The van der Waals surface area contributed by atoms with Crippen molar-refractivity contribution in [2.75, 3.05) is 18.0 Å². The summed E-state index contributed by atoms with van der Waals surface area (Å²) < 4.78 is 0. The molecule has 6 nitrogen and oxygen atoms in total. The number of carboxylic acid groups (broad SMARTS) is 1. The van der Waals surface area contributed by atoms with Crippen molar-refractivity contribution in [3.05, 3.63) is 22.6 Å². The molecule has 14 heavy (non-hydrogen) atoms. The van der Waals surface area contributed by atoms with Crippen LogP contribution < -0.4 is 10.5 Å². The minimum Gasteiger partial charge on any atom is -0.481 e. The number of hydrogen-bond donors (Lipinski definition) is 2. The molecule has 0 atom stereocenters. The van der Waals surface area contributed by atoms with Gasteiger partial charge in [0.25, 0.3) is 5.56 Å². The summed E-state index contributed by atoms with van der Waals surface area (Å²) >= 11 is 0. The maximum absolute atomic E-state index is 10.9. The van der Waals surface area contributed by atoms with E-state index < -0.39 is 5.97 Å². The van der Waals surface area contributed by atoms with Gasteiger partial charge in [-0.1, -0.05) is 0 Å². The van der Waals surface area contributed by atoms with Gasteiger partial charge in [0.15, 0.2) is 0 Å². The van der Waals surface area contributed by atoms with Crippen LogP contribution in [-0.4, -0.2) is 34.4 Å². The standard InChI is InChI=1S/C8H9N3O3/c12-7-1-6(2-9-10-7)11-3-5(4-11)8(13)14/h1-2,5H,3-4H2,(H,10,12)(H,13,14). The lowest BCUT2D eigenvalue weighted by atomic mass is 10.0. The molecule has 1 aromatic heterocycles. The topological polar surface area (TPSA) is 86.3 Å². The number of aliphatic carboxylic acids is 1. The summed E-state index contributed by atoms with van der Waals surface area (Å²) in [4.78, 5) is 23.2. The second kappa shape index (κ2) is 3.13. The Hall–Kier alpha value is -1.85. The Morgan fingerprint density at radius 3 is 2.93 bits per heavy atom. The van der Waals surface area contributed by atoms with Crippen LogP contribution in [0.3, 0.4) is 0 Å². The minimum absolute atomic E-state index is 0.277. The number of anilines is 1. The van der Waals surface area contributed by atoms with Crippen LogP contribution in [0.2, 0.25) is 0 Å². The Balaban J connectivity index is 2.06. The molecule has 1 fully saturated rings. The van der Waals surface area contributed by atoms with E-state index in [1.54, 1.807) is 4.90 Å². The van der Waals surface area contributed by atoms with Gasteiger partial charge in [0, 0.05) is 19.2 Å². The molecule has 0 amide bonds. The first-order valence-electron chi connectivity index (χ1n) is 4.19. The average molecular weight is 195 g/mol. The maximum atomic E-state index is 10.9. The first-order valence-corrected chi connectivity index (χ1v) is 4.19. The van der Waals surface area contributed by atoms with Gasteiger partial charge in [-0.15, -0.1) is 0 Å². The van der Waals surface area contributed by atoms with E-state index in [1.165, 1.54) is 12.3 Å². The predicted molar refractivity (Wildman–Crippen MR) is 48.2 cm³/mol. The van der Waals surface area contributed by atoms with Gasteiger partial charge < -0.3 is 10.0 Å². The maximum Gasteiger partial charge on any atom is 0.310 e. The molecular weight excluding hydrogens is 186 g/mol. The normalized spacial score (nSPS) is 16.4. The van der Waals surface area contributed by atoms with E-state index in [4.69, 9.17) is 5.11 Å². The van der Waals surface area contributed by atoms with Crippen molar-refractivity contribution in [2.45, 2.75) is 0 Å². The molecule has 1 aliphatic heterocycles. The fourth-order valence-corrected chi connectivity index (χ4v) is 1.38. The zero-order valence-electron chi connectivity index (χ0n) is 7.30. The number of aromatic amines is 1. The number of nitrogens with zero attached hydrogens (tertiary/aromatic N) is 2. The fourth-order valence-electron chi connectivity index (χ4n) is 1.38. The highest BCUT2D eigenvalue weighted by Crippen LogP contribution is 2.22. The zero-order valence-corrected chi connectivity index (χ0v) is 7.30. The van der Waals surface area contributed by atoms with Gasteiger partial charge in [0.1, 0.15) is 0 Å². The van der Waals surface area contributed by atoms with Crippen LogP contribution in [0.25, 0.3) is 0 Å². The second-order valence-electron chi connectivity index (χ2n) is 3.24. The summed E-state index contributed by atoms with van der Waals surface area (Å²) in [5.41, 5.74) is 0.396. The van der Waals surface area contributed by atoms with E-state index in [9.17, 15) is 9.59 Å². The smallest absolute Gasteiger partial charge is 0.310 e. The molecule has 1 aliphatic rings. The van der Waals surface area contributed by atoms with Crippen molar-refractivity contribution in [1.29, 1.82) is 0 Å². The molecule has 2 heterocycles. The third kappa shape index (κ3) is 1.46. The Bertz CT molecular complexity index is 408. The molecule has 1 aromatic rings. The van der Waals surface area contributed by atoms with Crippen LogP contribution in [0, 0.1) is 5.92 Å². The predicted octanol–water partition coefficient (Wildman–Crippen LogP) is -0.709. The van der Waals surface area contributed by atoms with E-state index in [0.29, 0.717) is 18.8 Å². The Kier molecular flexibility index (Phi) is 1.95. The Morgan fingerprint density at radius 1 is 1.64 bits per heavy atom. The lowest BCUT2D eigenvalue weighted by Gasteiger charge is -2.37. The molecule has 0 spiro atoms. The summed E-state index contributed by atoms with van der Waals surface area (Å²) in [5, 5.41) is 14.5. The highest BCUT2D eigenvalue weighted by atomic mass is 16.4. The molecule has 0 aliphatic carbocycles. The number of H-pyrrole nitrogens is 1. The quantitative estimate of drug-likeness (QED) is 0.651. The molecule has 2 N–H and O–H groups in total. The molecule has 0 radical (unpaired) electrons. The molecule has 74 valence electrons. The van der Waals surface area contributed by atoms with E-state index in [0.717, 1.165) is 0 Å². The molecule has 1 saturated heterocycles. The molecule has 0 saturated carbocycles. The van der Waals surface area contributed by atoms with Gasteiger partial charge in [-0.2, -0.15) is 5.10 Å². The summed E-state index contributed by atoms with van der Waals surface area (Å²) in [5.74, 6) is -1.12. The van der Waals surface area contributed by atoms with Crippen LogP contribution in [0.4, 0.5) is 5.69 Å². The van der Waals surface area contributed by atoms with Gasteiger partial charge in [0.2, 0.25) is 0 Å². The lowest BCUT2D eigenvalue weighted by molar-refractivity contribution is -0.142. The summed E-state index contributed by atoms with van der Waals surface area (Å²) in [6.07, 6.45) is 1.51. The fraction of sp³-hybridized carbons (Fsp3) is 0.375. The Morgan fingerprint density at radius 2 is 2.36 bits per heavy atom. The van der Waals surface area contributed by atoms with Crippen molar-refractivity contribution >= 4 is 11.7 Å². The van der Waals surface area contributed by atoms with Gasteiger partial charge in [-0.05, 0) is 0 Å². The van der Waals surface area contributed by atoms with Gasteiger partial charge in [-0.3, -0.25) is 9.59 Å². The number of aromatic nitrogens is 2. The third-order valence-electron chi connectivity index (χ3n) is 2.25. The number of rotatable bonds is 2. The zero-order chi connectivity index (χ0) is 10.1. The number of carbonyl (C=O) groups is 1. The molecule has 6 heteroatoms. The minimum atomic E-state index is -0.793. The molecular formula is C8H9N3O3.